The Morgan fingerprint density at radius 1 is 1.35 bits per heavy atom. The summed E-state index contributed by atoms with van der Waals surface area (Å²) in [5.41, 5.74) is 1.19. The standard InChI is InChI=1S/C18H16Cl2N2O4/c1-10(17(23)22-14-3-2-6-21-16(14)20)26-18(24)12-7-11-8-13(19)4-5-15(11)25-9-12/h2-6,8,10,12H,7,9H2,1H3,(H,22,23)/t10-,12+/m0/s1. The molecule has 1 amide bonds. The fraction of sp³-hybridized carbons (Fsp3) is 0.278. The van der Waals surface area contributed by atoms with Gasteiger partial charge in [0.05, 0.1) is 11.6 Å². The van der Waals surface area contributed by atoms with Gasteiger partial charge >= 0.3 is 5.97 Å². The fourth-order valence-corrected chi connectivity index (χ4v) is 2.91. The maximum atomic E-state index is 12.4. The Bertz CT molecular complexity index is 844. The monoisotopic (exact) mass is 394 g/mol. The highest BCUT2D eigenvalue weighted by Crippen LogP contribution is 2.30. The minimum atomic E-state index is -0.987. The average Bonchev–Trinajstić information content (AvgIpc) is 2.62. The molecule has 1 aliphatic heterocycles. The summed E-state index contributed by atoms with van der Waals surface area (Å²) in [5.74, 6) is -0.794. The van der Waals surface area contributed by atoms with E-state index in [9.17, 15) is 9.59 Å². The Balaban J connectivity index is 1.59. The minimum Gasteiger partial charge on any atom is -0.492 e. The summed E-state index contributed by atoms with van der Waals surface area (Å²) in [6.45, 7) is 1.68. The van der Waals surface area contributed by atoms with Gasteiger partial charge < -0.3 is 14.8 Å². The lowest BCUT2D eigenvalue weighted by Gasteiger charge is -2.25. The first kappa shape index (κ1) is 18.5. The lowest BCUT2D eigenvalue weighted by Crippen LogP contribution is -2.36. The van der Waals surface area contributed by atoms with Crippen molar-refractivity contribution in [2.24, 2.45) is 5.92 Å². The van der Waals surface area contributed by atoms with Crippen LogP contribution in [0.3, 0.4) is 0 Å². The fourth-order valence-electron chi connectivity index (χ4n) is 2.55. The van der Waals surface area contributed by atoms with Crippen LogP contribution in [0.1, 0.15) is 12.5 Å². The largest absolute Gasteiger partial charge is 0.492 e. The SMILES string of the molecule is C[C@H](OC(=O)[C@H]1COc2ccc(Cl)cc2C1)C(=O)Nc1cccnc1Cl. The molecule has 6 nitrogen and oxygen atoms in total. The minimum absolute atomic E-state index is 0.161. The van der Waals surface area contributed by atoms with E-state index in [0.29, 0.717) is 22.9 Å². The van der Waals surface area contributed by atoms with Gasteiger partial charge in [-0.25, -0.2) is 4.98 Å². The van der Waals surface area contributed by atoms with E-state index in [4.69, 9.17) is 32.7 Å². The third kappa shape index (κ3) is 4.26. The molecule has 26 heavy (non-hydrogen) atoms. The second-order valence-electron chi connectivity index (χ2n) is 5.87. The number of nitrogens with one attached hydrogen (secondary N) is 1. The van der Waals surface area contributed by atoms with Crippen LogP contribution in [0.25, 0.3) is 0 Å². The van der Waals surface area contributed by atoms with Crippen molar-refractivity contribution in [3.8, 4) is 5.75 Å². The van der Waals surface area contributed by atoms with Crippen LogP contribution in [0.4, 0.5) is 5.69 Å². The molecule has 2 atom stereocenters. The zero-order valence-electron chi connectivity index (χ0n) is 13.9. The van der Waals surface area contributed by atoms with Crippen LogP contribution in [0.2, 0.25) is 10.2 Å². The number of carbonyl (C=O) groups is 2. The second-order valence-corrected chi connectivity index (χ2v) is 6.67. The molecule has 0 saturated heterocycles. The molecular formula is C18H16Cl2N2O4. The van der Waals surface area contributed by atoms with Crippen molar-refractivity contribution in [2.75, 3.05) is 11.9 Å². The van der Waals surface area contributed by atoms with Gasteiger partial charge in [-0.05, 0) is 49.2 Å². The molecule has 3 rings (SSSR count). The predicted octanol–water partition coefficient (Wildman–Crippen LogP) is 3.51. The first-order chi connectivity index (χ1) is 12.4. The molecule has 0 spiro atoms. The molecule has 0 saturated carbocycles. The van der Waals surface area contributed by atoms with E-state index in [0.717, 1.165) is 5.56 Å². The molecule has 2 aromatic rings. The smallest absolute Gasteiger partial charge is 0.313 e. The van der Waals surface area contributed by atoms with Gasteiger partial charge in [-0.2, -0.15) is 0 Å². The predicted molar refractivity (Wildman–Crippen MR) is 97.6 cm³/mol. The van der Waals surface area contributed by atoms with Crippen LogP contribution in [0, 0.1) is 5.92 Å². The van der Waals surface area contributed by atoms with Crippen LogP contribution in [0.5, 0.6) is 5.75 Å². The topological polar surface area (TPSA) is 77.5 Å². The van der Waals surface area contributed by atoms with E-state index in [2.05, 4.69) is 10.3 Å². The number of esters is 1. The molecule has 1 aliphatic rings. The van der Waals surface area contributed by atoms with Crippen molar-refractivity contribution < 1.29 is 19.1 Å². The van der Waals surface area contributed by atoms with Crippen molar-refractivity contribution in [2.45, 2.75) is 19.4 Å². The van der Waals surface area contributed by atoms with Gasteiger partial charge in [0.25, 0.3) is 5.91 Å². The number of hydrogen-bond donors (Lipinski definition) is 1. The number of ether oxygens (including phenoxy) is 2. The highest BCUT2D eigenvalue weighted by molar-refractivity contribution is 6.32. The zero-order valence-corrected chi connectivity index (χ0v) is 15.4. The number of aromatic nitrogens is 1. The normalized spacial score (nSPS) is 16.8. The maximum Gasteiger partial charge on any atom is 0.313 e. The summed E-state index contributed by atoms with van der Waals surface area (Å²) in [7, 11) is 0. The van der Waals surface area contributed by atoms with Crippen molar-refractivity contribution >= 4 is 40.8 Å². The van der Waals surface area contributed by atoms with Gasteiger partial charge in [-0.1, -0.05) is 23.2 Å². The van der Waals surface area contributed by atoms with Gasteiger partial charge in [0.15, 0.2) is 11.3 Å². The summed E-state index contributed by atoms with van der Waals surface area (Å²) in [6.07, 6.45) is 0.964. The number of fused-ring (bicyclic) bond motifs is 1. The summed E-state index contributed by atoms with van der Waals surface area (Å²) in [4.78, 5) is 28.4. The molecule has 0 fully saturated rings. The summed E-state index contributed by atoms with van der Waals surface area (Å²) < 4.78 is 10.9. The van der Waals surface area contributed by atoms with Crippen molar-refractivity contribution in [3.63, 3.8) is 0 Å². The van der Waals surface area contributed by atoms with Crippen molar-refractivity contribution in [1.82, 2.24) is 4.98 Å². The molecule has 0 unspecified atom stereocenters. The maximum absolute atomic E-state index is 12.4. The first-order valence-corrected chi connectivity index (χ1v) is 8.72. The molecule has 0 aliphatic carbocycles. The number of benzene rings is 1. The lowest BCUT2D eigenvalue weighted by molar-refractivity contribution is -0.158. The first-order valence-electron chi connectivity index (χ1n) is 7.97. The number of rotatable bonds is 4. The number of carbonyl (C=O) groups excluding carboxylic acids is 2. The summed E-state index contributed by atoms with van der Waals surface area (Å²) in [5, 5.41) is 3.31. The molecule has 136 valence electrons. The lowest BCUT2D eigenvalue weighted by atomic mass is 9.97. The molecular weight excluding hydrogens is 379 g/mol. The quantitative estimate of drug-likeness (QED) is 0.633. The van der Waals surface area contributed by atoms with E-state index in [-0.39, 0.29) is 11.8 Å². The van der Waals surface area contributed by atoms with Gasteiger partial charge in [0, 0.05) is 11.2 Å². The van der Waals surface area contributed by atoms with Crippen LogP contribution >= 0.6 is 23.2 Å². The van der Waals surface area contributed by atoms with Crippen molar-refractivity contribution in [3.05, 3.63) is 52.3 Å². The van der Waals surface area contributed by atoms with Gasteiger partial charge in [0.2, 0.25) is 0 Å². The molecule has 1 N–H and O–H groups in total. The van der Waals surface area contributed by atoms with Crippen LogP contribution in [0.15, 0.2) is 36.5 Å². The van der Waals surface area contributed by atoms with E-state index < -0.39 is 23.9 Å². The van der Waals surface area contributed by atoms with Crippen LogP contribution in [-0.2, 0) is 20.7 Å². The van der Waals surface area contributed by atoms with Crippen LogP contribution < -0.4 is 10.1 Å². The highest BCUT2D eigenvalue weighted by atomic mass is 35.5. The molecule has 1 aromatic heterocycles. The van der Waals surface area contributed by atoms with E-state index in [1.165, 1.54) is 13.1 Å². The molecule has 2 heterocycles. The molecule has 0 bridgehead atoms. The molecule has 8 heteroatoms. The Hall–Kier alpha value is -2.31. The van der Waals surface area contributed by atoms with E-state index in [1.807, 2.05) is 0 Å². The Kier molecular flexibility index (Phi) is 5.64. The number of nitrogens with zero attached hydrogens (tertiary/aromatic N) is 1. The van der Waals surface area contributed by atoms with Crippen molar-refractivity contribution in [1.29, 1.82) is 0 Å². The summed E-state index contributed by atoms with van der Waals surface area (Å²) >= 11 is 11.9. The second kappa shape index (κ2) is 7.93. The Morgan fingerprint density at radius 3 is 2.92 bits per heavy atom. The number of halogens is 2. The van der Waals surface area contributed by atoms with Crippen LogP contribution in [-0.4, -0.2) is 29.6 Å². The summed E-state index contributed by atoms with van der Waals surface area (Å²) in [6, 6.07) is 8.51. The Labute approximate surface area is 160 Å². The third-order valence-electron chi connectivity index (χ3n) is 3.94. The van der Waals surface area contributed by atoms with Gasteiger partial charge in [-0.3, -0.25) is 9.59 Å². The van der Waals surface area contributed by atoms with Gasteiger partial charge in [0.1, 0.15) is 12.4 Å². The zero-order chi connectivity index (χ0) is 18.7. The number of amides is 1. The van der Waals surface area contributed by atoms with E-state index >= 15 is 0 Å². The number of pyridine rings is 1. The van der Waals surface area contributed by atoms with E-state index in [1.54, 1.807) is 30.3 Å². The Morgan fingerprint density at radius 2 is 2.15 bits per heavy atom. The number of anilines is 1. The average molecular weight is 395 g/mol. The molecule has 1 aromatic carbocycles. The third-order valence-corrected chi connectivity index (χ3v) is 4.48. The molecule has 0 radical (unpaired) electrons. The van der Waals surface area contributed by atoms with Gasteiger partial charge in [-0.15, -0.1) is 0 Å². The number of hydrogen-bond acceptors (Lipinski definition) is 5. The highest BCUT2D eigenvalue weighted by Gasteiger charge is 2.30.